The Balaban J connectivity index is 0.00000242. The van der Waals surface area contributed by atoms with E-state index in [2.05, 4.69) is 15.5 Å². The van der Waals surface area contributed by atoms with Gasteiger partial charge >= 0.3 is 0 Å². The molecule has 1 aromatic carbocycles. The Bertz CT molecular complexity index is 459. The molecule has 2 rings (SSSR count). The highest BCUT2D eigenvalue weighted by Gasteiger charge is 2.30. The fourth-order valence-corrected chi connectivity index (χ4v) is 2.71. The quantitative estimate of drug-likeness (QED) is 0.729. The summed E-state index contributed by atoms with van der Waals surface area (Å²) in [5, 5.41) is 6.17. The summed E-state index contributed by atoms with van der Waals surface area (Å²) >= 11 is 0. The van der Waals surface area contributed by atoms with Gasteiger partial charge in [-0.3, -0.25) is 9.69 Å². The number of nitrogens with zero attached hydrogens (tertiary/aromatic N) is 1. The standard InChI is InChI=1S/C16H24FN3O.2ClH/c1-2-18-9-10-19-16(21)15-4-3-11-20(15)12-13-5-7-14(17)8-6-13;;/h5-8,15,18H,2-4,9-12H2,1H3,(H,19,21);2*1H. The van der Waals surface area contributed by atoms with Crippen LogP contribution in [0.5, 0.6) is 0 Å². The molecule has 7 heteroatoms. The van der Waals surface area contributed by atoms with E-state index in [1.54, 1.807) is 12.1 Å². The lowest BCUT2D eigenvalue weighted by molar-refractivity contribution is -0.125. The molecule has 23 heavy (non-hydrogen) atoms. The van der Waals surface area contributed by atoms with E-state index < -0.39 is 0 Å². The number of halogens is 3. The van der Waals surface area contributed by atoms with Crippen molar-refractivity contribution >= 4 is 30.7 Å². The third-order valence-corrected chi connectivity index (χ3v) is 3.82. The highest BCUT2D eigenvalue weighted by molar-refractivity contribution is 5.85. The monoisotopic (exact) mass is 365 g/mol. The average Bonchev–Trinajstić information content (AvgIpc) is 2.94. The molecular formula is C16H26Cl2FN3O. The van der Waals surface area contributed by atoms with Crippen LogP contribution in [0.1, 0.15) is 25.3 Å². The number of hydrogen-bond donors (Lipinski definition) is 2. The van der Waals surface area contributed by atoms with Crippen molar-refractivity contribution in [3.63, 3.8) is 0 Å². The highest BCUT2D eigenvalue weighted by atomic mass is 35.5. The molecule has 2 N–H and O–H groups in total. The summed E-state index contributed by atoms with van der Waals surface area (Å²) in [6.07, 6.45) is 1.93. The zero-order valence-electron chi connectivity index (χ0n) is 13.4. The minimum atomic E-state index is -0.224. The second kappa shape index (κ2) is 11.6. The molecule has 0 radical (unpaired) electrons. The van der Waals surface area contributed by atoms with Gasteiger partial charge in [0.15, 0.2) is 0 Å². The molecule has 1 aromatic rings. The SMILES string of the molecule is CCNCCNC(=O)C1CCCN1Cc1ccc(F)cc1.Cl.Cl. The van der Waals surface area contributed by atoms with E-state index in [0.29, 0.717) is 13.1 Å². The van der Waals surface area contributed by atoms with Crippen LogP contribution >= 0.6 is 24.8 Å². The Morgan fingerprint density at radius 2 is 1.96 bits per heavy atom. The van der Waals surface area contributed by atoms with Crippen molar-refractivity contribution in [1.29, 1.82) is 0 Å². The van der Waals surface area contributed by atoms with Crippen molar-refractivity contribution in [3.05, 3.63) is 35.6 Å². The van der Waals surface area contributed by atoms with Crippen molar-refractivity contribution in [2.75, 3.05) is 26.2 Å². The minimum Gasteiger partial charge on any atom is -0.353 e. The predicted molar refractivity (Wildman–Crippen MR) is 95.9 cm³/mol. The Labute approximate surface area is 150 Å². The summed E-state index contributed by atoms with van der Waals surface area (Å²) < 4.78 is 12.9. The van der Waals surface area contributed by atoms with Gasteiger partial charge in [0.1, 0.15) is 5.82 Å². The molecule has 1 unspecified atom stereocenters. The Morgan fingerprint density at radius 1 is 1.26 bits per heavy atom. The number of benzene rings is 1. The van der Waals surface area contributed by atoms with Crippen molar-refractivity contribution in [3.8, 4) is 0 Å². The molecule has 0 aliphatic carbocycles. The van der Waals surface area contributed by atoms with Crippen LogP contribution in [-0.2, 0) is 11.3 Å². The third-order valence-electron chi connectivity index (χ3n) is 3.82. The zero-order valence-corrected chi connectivity index (χ0v) is 15.0. The van der Waals surface area contributed by atoms with Gasteiger partial charge in [0.2, 0.25) is 5.91 Å². The molecule has 0 aromatic heterocycles. The van der Waals surface area contributed by atoms with Crippen LogP contribution in [0.3, 0.4) is 0 Å². The first kappa shape index (κ1) is 22.1. The maximum Gasteiger partial charge on any atom is 0.237 e. The maximum atomic E-state index is 12.9. The molecule has 0 bridgehead atoms. The van der Waals surface area contributed by atoms with Gasteiger partial charge < -0.3 is 10.6 Å². The van der Waals surface area contributed by atoms with E-state index >= 15 is 0 Å². The number of likely N-dealkylation sites (N-methyl/N-ethyl adjacent to an activating group) is 1. The summed E-state index contributed by atoms with van der Waals surface area (Å²) in [5.41, 5.74) is 1.05. The molecule has 132 valence electrons. The first-order valence-corrected chi connectivity index (χ1v) is 7.67. The molecule has 1 aliphatic rings. The fourth-order valence-electron chi connectivity index (χ4n) is 2.71. The predicted octanol–water partition coefficient (Wildman–Crippen LogP) is 2.36. The van der Waals surface area contributed by atoms with E-state index in [-0.39, 0.29) is 42.6 Å². The summed E-state index contributed by atoms with van der Waals surface area (Å²) in [5.74, 6) is -0.120. The highest BCUT2D eigenvalue weighted by Crippen LogP contribution is 2.20. The Morgan fingerprint density at radius 3 is 2.61 bits per heavy atom. The summed E-state index contributed by atoms with van der Waals surface area (Å²) in [6.45, 7) is 6.04. The molecule has 1 atom stereocenters. The van der Waals surface area contributed by atoms with Crippen LogP contribution in [0.25, 0.3) is 0 Å². The minimum absolute atomic E-state index is 0. The van der Waals surface area contributed by atoms with Crippen LogP contribution < -0.4 is 10.6 Å². The third kappa shape index (κ3) is 7.04. The van der Waals surface area contributed by atoms with E-state index in [9.17, 15) is 9.18 Å². The molecule has 4 nitrogen and oxygen atoms in total. The van der Waals surface area contributed by atoms with Gasteiger partial charge in [0.25, 0.3) is 0 Å². The second-order valence-corrected chi connectivity index (χ2v) is 5.40. The second-order valence-electron chi connectivity index (χ2n) is 5.40. The number of amides is 1. The number of carbonyl (C=O) groups excluding carboxylic acids is 1. The normalized spacial score (nSPS) is 17.2. The van der Waals surface area contributed by atoms with Gasteiger partial charge in [-0.05, 0) is 43.6 Å². The van der Waals surface area contributed by atoms with Crippen LogP contribution in [0, 0.1) is 5.82 Å². The lowest BCUT2D eigenvalue weighted by Crippen LogP contribution is -2.44. The van der Waals surface area contributed by atoms with Gasteiger partial charge in [-0.1, -0.05) is 19.1 Å². The van der Waals surface area contributed by atoms with E-state index in [1.165, 1.54) is 12.1 Å². The number of likely N-dealkylation sites (tertiary alicyclic amines) is 1. The Hall–Kier alpha value is -0.880. The van der Waals surface area contributed by atoms with Crippen molar-refractivity contribution in [2.24, 2.45) is 0 Å². The molecule has 1 aliphatic heterocycles. The molecule has 0 spiro atoms. The summed E-state index contributed by atoms with van der Waals surface area (Å²) in [7, 11) is 0. The summed E-state index contributed by atoms with van der Waals surface area (Å²) in [6, 6.07) is 6.45. The van der Waals surface area contributed by atoms with Crippen LogP contribution in [0.15, 0.2) is 24.3 Å². The fraction of sp³-hybridized carbons (Fsp3) is 0.562. The first-order valence-electron chi connectivity index (χ1n) is 7.67. The molecular weight excluding hydrogens is 340 g/mol. The lowest BCUT2D eigenvalue weighted by Gasteiger charge is -2.23. The van der Waals surface area contributed by atoms with Crippen LogP contribution in [0.4, 0.5) is 4.39 Å². The van der Waals surface area contributed by atoms with Crippen LogP contribution in [-0.4, -0.2) is 43.0 Å². The molecule has 1 heterocycles. The van der Waals surface area contributed by atoms with Gasteiger partial charge in [-0.15, -0.1) is 24.8 Å². The maximum absolute atomic E-state index is 12.9. The van der Waals surface area contributed by atoms with Crippen molar-refractivity contribution < 1.29 is 9.18 Å². The van der Waals surface area contributed by atoms with Gasteiger partial charge in [-0.25, -0.2) is 4.39 Å². The number of rotatable bonds is 7. The lowest BCUT2D eigenvalue weighted by atomic mass is 10.1. The van der Waals surface area contributed by atoms with E-state index in [0.717, 1.165) is 38.0 Å². The van der Waals surface area contributed by atoms with Gasteiger partial charge in [-0.2, -0.15) is 0 Å². The van der Waals surface area contributed by atoms with E-state index in [1.807, 2.05) is 6.92 Å². The molecule has 1 amide bonds. The number of hydrogen-bond acceptors (Lipinski definition) is 3. The van der Waals surface area contributed by atoms with Crippen LogP contribution in [0.2, 0.25) is 0 Å². The number of nitrogens with one attached hydrogen (secondary N) is 2. The average molecular weight is 366 g/mol. The van der Waals surface area contributed by atoms with Crippen molar-refractivity contribution in [1.82, 2.24) is 15.5 Å². The van der Waals surface area contributed by atoms with Gasteiger partial charge in [0.05, 0.1) is 6.04 Å². The van der Waals surface area contributed by atoms with E-state index in [4.69, 9.17) is 0 Å². The summed E-state index contributed by atoms with van der Waals surface area (Å²) in [4.78, 5) is 14.4. The van der Waals surface area contributed by atoms with Gasteiger partial charge in [0, 0.05) is 19.6 Å². The number of carbonyl (C=O) groups is 1. The first-order chi connectivity index (χ1) is 10.2. The zero-order chi connectivity index (χ0) is 15.1. The Kier molecular flexibility index (Phi) is 11.2. The topological polar surface area (TPSA) is 44.4 Å². The molecule has 0 saturated carbocycles. The smallest absolute Gasteiger partial charge is 0.237 e. The van der Waals surface area contributed by atoms with Crippen molar-refractivity contribution in [2.45, 2.75) is 32.4 Å². The molecule has 1 saturated heterocycles. The molecule has 1 fully saturated rings. The largest absolute Gasteiger partial charge is 0.353 e.